The normalized spacial score (nSPS) is 11.8. The lowest BCUT2D eigenvalue weighted by Crippen LogP contribution is -2.33. The number of carbonyl (C=O) groups excluding carboxylic acids is 1. The first-order valence-electron chi connectivity index (χ1n) is 7.64. The van der Waals surface area contributed by atoms with Crippen LogP contribution in [0.15, 0.2) is 58.1 Å². The predicted octanol–water partition coefficient (Wildman–Crippen LogP) is 2.83. The summed E-state index contributed by atoms with van der Waals surface area (Å²) >= 11 is 3.33. The molecule has 2 aromatic rings. The van der Waals surface area contributed by atoms with Crippen molar-refractivity contribution in [2.75, 3.05) is 6.61 Å². The summed E-state index contributed by atoms with van der Waals surface area (Å²) in [5.74, 6) is -0.412. The fraction of sp³-hybridized carbons (Fsp3) is 0.167. The third-order valence-corrected chi connectivity index (χ3v) is 3.66. The zero-order valence-electron chi connectivity index (χ0n) is 13.9. The number of rotatable bonds is 8. The lowest BCUT2D eigenvalue weighted by atomic mass is 10.2. The molecular weight excluding hydrogens is 404 g/mol. The van der Waals surface area contributed by atoms with Gasteiger partial charge in [0.25, 0.3) is 5.91 Å². The van der Waals surface area contributed by atoms with Gasteiger partial charge in [0.2, 0.25) is 0 Å². The van der Waals surface area contributed by atoms with Gasteiger partial charge in [-0.3, -0.25) is 4.79 Å². The van der Waals surface area contributed by atoms with E-state index in [0.717, 1.165) is 10.0 Å². The summed E-state index contributed by atoms with van der Waals surface area (Å²) < 4.78 is 11.5. The molecule has 7 nitrogen and oxygen atoms in total. The van der Waals surface area contributed by atoms with Crippen LogP contribution in [0.1, 0.15) is 12.5 Å². The van der Waals surface area contributed by atoms with Crippen molar-refractivity contribution >= 4 is 34.0 Å². The molecule has 0 bridgehead atoms. The SMILES string of the molecule is CC(Oc1ccc(Br)cc1)C(=O)N/N=C/c1ccc(OCC(=O)O)cc1. The molecule has 26 heavy (non-hydrogen) atoms. The number of amides is 1. The minimum absolute atomic E-state index is 0.384. The van der Waals surface area contributed by atoms with Gasteiger partial charge in [0.15, 0.2) is 12.7 Å². The van der Waals surface area contributed by atoms with Crippen LogP contribution < -0.4 is 14.9 Å². The van der Waals surface area contributed by atoms with E-state index in [1.54, 1.807) is 43.3 Å². The number of carboxylic acid groups (broad SMARTS) is 1. The van der Waals surface area contributed by atoms with Crippen LogP contribution in [0.3, 0.4) is 0 Å². The molecule has 136 valence electrons. The topological polar surface area (TPSA) is 97.2 Å². The highest BCUT2D eigenvalue weighted by Gasteiger charge is 2.13. The summed E-state index contributed by atoms with van der Waals surface area (Å²) in [5, 5.41) is 12.4. The summed E-state index contributed by atoms with van der Waals surface area (Å²) in [6, 6.07) is 13.8. The standard InChI is InChI=1S/C18H17BrN2O5/c1-12(26-16-8-4-14(19)5-9-16)18(24)21-20-10-13-2-6-15(7-3-13)25-11-17(22)23/h2-10,12H,11H2,1H3,(H,21,24)(H,22,23)/b20-10+. The van der Waals surface area contributed by atoms with E-state index in [0.29, 0.717) is 11.5 Å². The van der Waals surface area contributed by atoms with Crippen molar-refractivity contribution in [1.82, 2.24) is 5.43 Å². The highest BCUT2D eigenvalue weighted by molar-refractivity contribution is 9.10. The molecule has 1 amide bonds. The average Bonchev–Trinajstić information content (AvgIpc) is 2.62. The zero-order chi connectivity index (χ0) is 18.9. The first-order valence-corrected chi connectivity index (χ1v) is 8.43. The van der Waals surface area contributed by atoms with E-state index >= 15 is 0 Å². The molecule has 0 heterocycles. The van der Waals surface area contributed by atoms with E-state index in [1.165, 1.54) is 6.21 Å². The molecule has 0 spiro atoms. The van der Waals surface area contributed by atoms with Gasteiger partial charge in [-0.2, -0.15) is 5.10 Å². The third kappa shape index (κ3) is 6.56. The predicted molar refractivity (Wildman–Crippen MR) is 99.5 cm³/mol. The molecule has 1 unspecified atom stereocenters. The number of benzene rings is 2. The Kier molecular flexibility index (Phi) is 7.16. The Morgan fingerprint density at radius 1 is 1.15 bits per heavy atom. The lowest BCUT2D eigenvalue weighted by molar-refractivity contribution is -0.139. The van der Waals surface area contributed by atoms with Crippen LogP contribution >= 0.6 is 15.9 Å². The molecular formula is C18H17BrN2O5. The summed E-state index contributed by atoms with van der Waals surface area (Å²) in [6.45, 7) is 1.22. The van der Waals surface area contributed by atoms with E-state index in [4.69, 9.17) is 14.6 Å². The fourth-order valence-corrected chi connectivity index (χ4v) is 2.09. The van der Waals surface area contributed by atoms with Crippen LogP contribution in [-0.2, 0) is 9.59 Å². The van der Waals surface area contributed by atoms with Crippen LogP contribution in [0.2, 0.25) is 0 Å². The highest BCUT2D eigenvalue weighted by Crippen LogP contribution is 2.17. The Morgan fingerprint density at radius 2 is 1.77 bits per heavy atom. The van der Waals surface area contributed by atoms with E-state index in [2.05, 4.69) is 26.5 Å². The smallest absolute Gasteiger partial charge is 0.341 e. The van der Waals surface area contributed by atoms with E-state index in [9.17, 15) is 9.59 Å². The van der Waals surface area contributed by atoms with Gasteiger partial charge < -0.3 is 14.6 Å². The maximum absolute atomic E-state index is 12.0. The maximum atomic E-state index is 12.0. The molecule has 0 aliphatic rings. The Labute approximate surface area is 158 Å². The minimum atomic E-state index is -1.04. The molecule has 0 radical (unpaired) electrons. The lowest BCUT2D eigenvalue weighted by Gasteiger charge is -2.12. The van der Waals surface area contributed by atoms with Crippen molar-refractivity contribution in [1.29, 1.82) is 0 Å². The molecule has 2 N–H and O–H groups in total. The third-order valence-electron chi connectivity index (χ3n) is 3.13. The Morgan fingerprint density at radius 3 is 2.38 bits per heavy atom. The second-order valence-corrected chi connectivity index (χ2v) is 6.12. The van der Waals surface area contributed by atoms with Crippen LogP contribution in [0.4, 0.5) is 0 Å². The summed E-state index contributed by atoms with van der Waals surface area (Å²) in [4.78, 5) is 22.4. The monoisotopic (exact) mass is 420 g/mol. The second-order valence-electron chi connectivity index (χ2n) is 5.20. The van der Waals surface area contributed by atoms with Crippen molar-refractivity contribution in [3.63, 3.8) is 0 Å². The van der Waals surface area contributed by atoms with Gasteiger partial charge in [0.1, 0.15) is 11.5 Å². The molecule has 2 rings (SSSR count). The van der Waals surface area contributed by atoms with E-state index < -0.39 is 18.7 Å². The maximum Gasteiger partial charge on any atom is 0.341 e. The average molecular weight is 421 g/mol. The van der Waals surface area contributed by atoms with Crippen LogP contribution in [-0.4, -0.2) is 35.9 Å². The second kappa shape index (κ2) is 9.57. The number of carboxylic acids is 1. The number of hydrazone groups is 1. The molecule has 0 aromatic heterocycles. The summed E-state index contributed by atoms with van der Waals surface area (Å²) in [6.07, 6.45) is 0.755. The molecule has 0 saturated heterocycles. The van der Waals surface area contributed by atoms with Crippen molar-refractivity contribution in [3.8, 4) is 11.5 Å². The molecule has 8 heteroatoms. The zero-order valence-corrected chi connectivity index (χ0v) is 15.5. The van der Waals surface area contributed by atoms with Crippen molar-refractivity contribution in [2.45, 2.75) is 13.0 Å². The Bertz CT molecular complexity index is 775. The first-order chi connectivity index (χ1) is 12.4. The molecule has 0 aliphatic carbocycles. The first kappa shape index (κ1) is 19.5. The molecule has 2 aromatic carbocycles. The quantitative estimate of drug-likeness (QED) is 0.505. The molecule has 0 fully saturated rings. The number of hydrogen-bond acceptors (Lipinski definition) is 5. The van der Waals surface area contributed by atoms with Gasteiger partial charge in [-0.25, -0.2) is 10.2 Å². The number of nitrogens with one attached hydrogen (secondary N) is 1. The number of hydrogen-bond donors (Lipinski definition) is 2. The highest BCUT2D eigenvalue weighted by atomic mass is 79.9. The van der Waals surface area contributed by atoms with Gasteiger partial charge in [-0.05, 0) is 61.0 Å². The molecule has 0 aliphatic heterocycles. The number of halogens is 1. The van der Waals surface area contributed by atoms with Gasteiger partial charge in [-0.1, -0.05) is 15.9 Å². The number of aliphatic carboxylic acids is 1. The molecule has 0 saturated carbocycles. The molecule has 1 atom stereocenters. The Hall–Kier alpha value is -2.87. The van der Waals surface area contributed by atoms with Gasteiger partial charge in [0, 0.05) is 4.47 Å². The van der Waals surface area contributed by atoms with Crippen molar-refractivity contribution in [3.05, 3.63) is 58.6 Å². The number of carbonyl (C=O) groups is 2. The van der Waals surface area contributed by atoms with Crippen molar-refractivity contribution < 1.29 is 24.2 Å². The van der Waals surface area contributed by atoms with E-state index in [1.807, 2.05) is 12.1 Å². The van der Waals surface area contributed by atoms with E-state index in [-0.39, 0.29) is 5.91 Å². The summed E-state index contributed by atoms with van der Waals surface area (Å²) in [7, 11) is 0. The van der Waals surface area contributed by atoms with Crippen molar-refractivity contribution in [2.24, 2.45) is 5.10 Å². The van der Waals surface area contributed by atoms with Crippen LogP contribution in [0.25, 0.3) is 0 Å². The minimum Gasteiger partial charge on any atom is -0.482 e. The van der Waals surface area contributed by atoms with Gasteiger partial charge in [-0.15, -0.1) is 0 Å². The Balaban J connectivity index is 1.81. The van der Waals surface area contributed by atoms with Gasteiger partial charge in [0.05, 0.1) is 6.21 Å². The fourth-order valence-electron chi connectivity index (χ4n) is 1.83. The summed E-state index contributed by atoms with van der Waals surface area (Å²) in [5.41, 5.74) is 3.12. The number of nitrogens with zero attached hydrogens (tertiary/aromatic N) is 1. The van der Waals surface area contributed by atoms with Gasteiger partial charge >= 0.3 is 5.97 Å². The van der Waals surface area contributed by atoms with Crippen LogP contribution in [0, 0.1) is 0 Å². The largest absolute Gasteiger partial charge is 0.482 e. The van der Waals surface area contributed by atoms with Crippen LogP contribution in [0.5, 0.6) is 11.5 Å². The number of ether oxygens (including phenoxy) is 2.